The first kappa shape index (κ1) is 23.6. The minimum Gasteiger partial charge on any atom is -0.347 e. The van der Waals surface area contributed by atoms with E-state index in [1.165, 1.54) is 12.1 Å². The van der Waals surface area contributed by atoms with E-state index in [0.29, 0.717) is 24.9 Å². The highest BCUT2D eigenvalue weighted by Gasteiger charge is 2.21. The van der Waals surface area contributed by atoms with Crippen LogP contribution in [-0.2, 0) is 27.6 Å². The molecule has 1 amide bonds. The summed E-state index contributed by atoms with van der Waals surface area (Å²) >= 11 is 0. The van der Waals surface area contributed by atoms with Crippen molar-refractivity contribution in [3.05, 3.63) is 102 Å². The van der Waals surface area contributed by atoms with Crippen LogP contribution in [0.4, 0.5) is 4.39 Å². The molecule has 0 saturated carbocycles. The maximum atomic E-state index is 13.5. The van der Waals surface area contributed by atoms with Crippen LogP contribution in [0.25, 0.3) is 11.0 Å². The van der Waals surface area contributed by atoms with E-state index < -0.39 is 27.5 Å². The van der Waals surface area contributed by atoms with E-state index in [1.54, 1.807) is 18.5 Å². The van der Waals surface area contributed by atoms with Crippen LogP contribution in [0.3, 0.4) is 0 Å². The average molecular weight is 480 g/mol. The van der Waals surface area contributed by atoms with Gasteiger partial charge >= 0.3 is 0 Å². The van der Waals surface area contributed by atoms with Gasteiger partial charge in [0.1, 0.15) is 11.6 Å². The quantitative estimate of drug-likeness (QED) is 0.372. The molecule has 8 heteroatoms. The third-order valence-electron chi connectivity index (χ3n) is 5.63. The Morgan fingerprint density at radius 2 is 1.68 bits per heavy atom. The van der Waals surface area contributed by atoms with Crippen LogP contribution < -0.4 is 5.32 Å². The number of hydrogen-bond donors (Lipinski definition) is 1. The predicted molar refractivity (Wildman–Crippen MR) is 130 cm³/mol. The van der Waals surface area contributed by atoms with Crippen molar-refractivity contribution in [2.24, 2.45) is 0 Å². The van der Waals surface area contributed by atoms with Gasteiger partial charge in [-0.15, -0.1) is 0 Å². The number of imidazole rings is 1. The van der Waals surface area contributed by atoms with Gasteiger partial charge < -0.3 is 9.88 Å². The molecule has 3 aromatic carbocycles. The fourth-order valence-electron chi connectivity index (χ4n) is 3.93. The number of aryl methyl sites for hydroxylation is 1. The highest BCUT2D eigenvalue weighted by molar-refractivity contribution is 7.92. The lowest BCUT2D eigenvalue weighted by Gasteiger charge is -2.20. The van der Waals surface area contributed by atoms with Gasteiger partial charge in [0.25, 0.3) is 0 Å². The molecule has 4 rings (SSSR count). The van der Waals surface area contributed by atoms with Gasteiger partial charge in [-0.3, -0.25) is 4.79 Å². The smallest absolute Gasteiger partial charge is 0.235 e. The summed E-state index contributed by atoms with van der Waals surface area (Å²) in [6.45, 7) is 0.325. The van der Waals surface area contributed by atoms with Crippen molar-refractivity contribution in [2.45, 2.75) is 25.4 Å². The summed E-state index contributed by atoms with van der Waals surface area (Å²) in [5, 5.41) is 2.83. The van der Waals surface area contributed by atoms with Crippen LogP contribution in [0.1, 0.15) is 23.6 Å². The number of benzene rings is 3. The Balaban J connectivity index is 1.43. The monoisotopic (exact) mass is 479 g/mol. The highest BCUT2D eigenvalue weighted by atomic mass is 32.2. The number of nitrogens with one attached hydrogen (secondary N) is 1. The molecule has 0 spiro atoms. The average Bonchev–Trinajstić information content (AvgIpc) is 3.22. The van der Waals surface area contributed by atoms with E-state index in [2.05, 4.69) is 10.3 Å². The molecule has 6 nitrogen and oxygen atoms in total. The number of hydrogen-bond acceptors (Lipinski definition) is 4. The molecular weight excluding hydrogens is 453 g/mol. The molecule has 1 aromatic heterocycles. The second-order valence-corrected chi connectivity index (χ2v) is 10.4. The largest absolute Gasteiger partial charge is 0.347 e. The molecule has 1 N–H and O–H groups in total. The Morgan fingerprint density at radius 1 is 0.971 bits per heavy atom. The lowest BCUT2D eigenvalue weighted by atomic mass is 10.1. The van der Waals surface area contributed by atoms with Gasteiger partial charge in [0.2, 0.25) is 5.91 Å². The van der Waals surface area contributed by atoms with E-state index >= 15 is 0 Å². The zero-order chi connectivity index (χ0) is 24.0. The molecule has 0 aliphatic carbocycles. The fourth-order valence-corrected chi connectivity index (χ4v) is 5.14. The third kappa shape index (κ3) is 6.29. The summed E-state index contributed by atoms with van der Waals surface area (Å²) in [6, 6.07) is 22.5. The number of amides is 1. The Hall–Kier alpha value is -3.52. The minimum absolute atomic E-state index is 0.0668. The Morgan fingerprint density at radius 3 is 2.44 bits per heavy atom. The van der Waals surface area contributed by atoms with Gasteiger partial charge in [-0.05, 0) is 48.2 Å². The van der Waals surface area contributed by atoms with Crippen molar-refractivity contribution in [3.8, 4) is 0 Å². The van der Waals surface area contributed by atoms with Crippen LogP contribution >= 0.6 is 0 Å². The summed E-state index contributed by atoms with van der Waals surface area (Å²) in [6.07, 6.45) is 2.75. The van der Waals surface area contributed by atoms with Crippen LogP contribution in [0, 0.1) is 5.82 Å². The van der Waals surface area contributed by atoms with Crippen LogP contribution in [0.15, 0.2) is 85.2 Å². The van der Waals surface area contributed by atoms with Crippen molar-refractivity contribution < 1.29 is 17.6 Å². The number of carbonyl (C=O) groups excluding carboxylic acids is 1. The SMILES string of the molecule is O=C(CS(=O)(=O)CCCc1ccccc1)NC(Cn1cnc2ccccc21)c1ccc(F)cc1. The Kier molecular flexibility index (Phi) is 7.37. The van der Waals surface area contributed by atoms with E-state index in [0.717, 1.165) is 16.6 Å². The number of rotatable bonds is 10. The van der Waals surface area contributed by atoms with E-state index in [4.69, 9.17) is 0 Å². The van der Waals surface area contributed by atoms with Crippen LogP contribution in [0.5, 0.6) is 0 Å². The molecule has 1 heterocycles. The van der Waals surface area contributed by atoms with Crippen LogP contribution in [0.2, 0.25) is 0 Å². The summed E-state index contributed by atoms with van der Waals surface area (Å²) < 4.78 is 40.5. The summed E-state index contributed by atoms with van der Waals surface area (Å²) in [5.41, 5.74) is 3.44. The summed E-state index contributed by atoms with van der Waals surface area (Å²) in [5.74, 6) is -1.63. The zero-order valence-electron chi connectivity index (χ0n) is 18.6. The molecule has 0 bridgehead atoms. The van der Waals surface area contributed by atoms with Crippen LogP contribution in [-0.4, -0.2) is 35.4 Å². The molecule has 34 heavy (non-hydrogen) atoms. The molecular formula is C26H26FN3O3S. The number of sulfone groups is 1. The molecule has 176 valence electrons. The Bertz CT molecular complexity index is 1350. The molecule has 0 radical (unpaired) electrons. The highest BCUT2D eigenvalue weighted by Crippen LogP contribution is 2.20. The topological polar surface area (TPSA) is 81.1 Å². The Labute approximate surface area is 198 Å². The molecule has 0 aliphatic rings. The fraction of sp³-hybridized carbons (Fsp3) is 0.231. The van der Waals surface area contributed by atoms with Gasteiger partial charge in [0, 0.05) is 6.54 Å². The van der Waals surface area contributed by atoms with Crippen molar-refractivity contribution in [1.29, 1.82) is 0 Å². The van der Waals surface area contributed by atoms with Gasteiger partial charge in [-0.2, -0.15) is 0 Å². The number of nitrogens with zero attached hydrogens (tertiary/aromatic N) is 2. The lowest BCUT2D eigenvalue weighted by molar-refractivity contribution is -0.119. The zero-order valence-corrected chi connectivity index (χ0v) is 19.4. The number of aromatic nitrogens is 2. The molecule has 1 unspecified atom stereocenters. The second kappa shape index (κ2) is 10.6. The van der Waals surface area contributed by atoms with Gasteiger partial charge in [0.05, 0.1) is 29.2 Å². The second-order valence-electron chi connectivity index (χ2n) is 8.24. The molecule has 0 aliphatic heterocycles. The standard InChI is InChI=1S/C26H26FN3O3S/c27-22-14-12-21(13-15-22)24(17-30-19-28-23-10-4-5-11-25(23)30)29-26(31)18-34(32,33)16-6-9-20-7-2-1-3-8-20/h1-5,7-8,10-15,19,24H,6,9,16-18H2,(H,29,31). The van der Waals surface area contributed by atoms with Crippen molar-refractivity contribution in [3.63, 3.8) is 0 Å². The van der Waals surface area contributed by atoms with E-state index in [-0.39, 0.29) is 11.6 Å². The van der Waals surface area contributed by atoms with Crippen molar-refractivity contribution in [2.75, 3.05) is 11.5 Å². The van der Waals surface area contributed by atoms with Gasteiger partial charge in [-0.25, -0.2) is 17.8 Å². The van der Waals surface area contributed by atoms with Crippen molar-refractivity contribution in [1.82, 2.24) is 14.9 Å². The first-order valence-electron chi connectivity index (χ1n) is 11.1. The van der Waals surface area contributed by atoms with E-state index in [9.17, 15) is 17.6 Å². The number of halogens is 1. The van der Waals surface area contributed by atoms with Crippen molar-refractivity contribution >= 4 is 26.8 Å². The lowest BCUT2D eigenvalue weighted by Crippen LogP contribution is -2.36. The summed E-state index contributed by atoms with van der Waals surface area (Å²) in [4.78, 5) is 17.1. The summed E-state index contributed by atoms with van der Waals surface area (Å²) in [7, 11) is -3.57. The molecule has 1 atom stereocenters. The van der Waals surface area contributed by atoms with Gasteiger partial charge in [0.15, 0.2) is 9.84 Å². The third-order valence-corrected chi connectivity index (χ3v) is 7.24. The number of carbonyl (C=O) groups is 1. The first-order valence-corrected chi connectivity index (χ1v) is 12.9. The number of para-hydroxylation sites is 2. The molecule has 0 saturated heterocycles. The number of fused-ring (bicyclic) bond motifs is 1. The minimum atomic E-state index is -3.57. The first-order chi connectivity index (χ1) is 16.4. The molecule has 4 aromatic rings. The normalized spacial score (nSPS) is 12.5. The van der Waals surface area contributed by atoms with E-state index in [1.807, 2.05) is 59.2 Å². The molecule has 0 fully saturated rings. The predicted octanol–water partition coefficient (Wildman–Crippen LogP) is 4.08. The van der Waals surface area contributed by atoms with Gasteiger partial charge in [-0.1, -0.05) is 54.6 Å². The maximum absolute atomic E-state index is 13.5. The maximum Gasteiger partial charge on any atom is 0.235 e.